The molecule has 118 valence electrons. The van der Waals surface area contributed by atoms with Crippen molar-refractivity contribution in [3.63, 3.8) is 0 Å². The van der Waals surface area contributed by atoms with Crippen molar-refractivity contribution in [3.05, 3.63) is 16.8 Å². The smallest absolute Gasteiger partial charge is 0.184 e. The van der Waals surface area contributed by atoms with Gasteiger partial charge in [0.25, 0.3) is 0 Å². The van der Waals surface area contributed by atoms with Crippen LogP contribution in [-0.4, -0.2) is 38.9 Å². The van der Waals surface area contributed by atoms with Crippen molar-refractivity contribution in [2.24, 2.45) is 11.8 Å². The summed E-state index contributed by atoms with van der Waals surface area (Å²) in [5.41, 5.74) is 3.01. The Labute approximate surface area is 150 Å². The largest absolute Gasteiger partial charge is 0.367 e. The van der Waals surface area contributed by atoms with Crippen LogP contribution in [0.15, 0.2) is 16.8 Å². The van der Waals surface area contributed by atoms with Gasteiger partial charge < -0.3 is 14.6 Å². The van der Waals surface area contributed by atoms with Gasteiger partial charge in [-0.05, 0) is 18.4 Å². The van der Waals surface area contributed by atoms with E-state index in [0.29, 0.717) is 10.7 Å². The molecular formula is C15H19Br3O3. The molecule has 3 nitrogen and oxygen atoms in total. The second-order valence-corrected chi connectivity index (χ2v) is 8.78. The van der Waals surface area contributed by atoms with Crippen molar-refractivity contribution in [1.29, 1.82) is 0 Å². The van der Waals surface area contributed by atoms with E-state index in [0.717, 1.165) is 19.3 Å². The van der Waals surface area contributed by atoms with Gasteiger partial charge >= 0.3 is 0 Å². The number of fused-ring (bicyclic) bond motifs is 3. The van der Waals surface area contributed by atoms with E-state index in [1.807, 2.05) is 6.08 Å². The molecule has 5 unspecified atom stereocenters. The SMILES string of the molecule is CCC1C2C3O[C@@H](C=C=CBr)CC3OC2(O)[C@H](Br)C[C@@H]1Br. The highest BCUT2D eigenvalue weighted by molar-refractivity contribution is 9.11. The molecule has 0 aromatic heterocycles. The first-order valence-corrected chi connectivity index (χ1v) is 10.1. The van der Waals surface area contributed by atoms with Crippen LogP contribution in [0.2, 0.25) is 0 Å². The fourth-order valence-electron chi connectivity index (χ4n) is 4.06. The highest BCUT2D eigenvalue weighted by Crippen LogP contribution is 2.56. The van der Waals surface area contributed by atoms with Crippen molar-refractivity contribution in [1.82, 2.24) is 0 Å². The summed E-state index contributed by atoms with van der Waals surface area (Å²) in [4.78, 5) is 2.01. The molecule has 0 aromatic rings. The maximum absolute atomic E-state index is 11.1. The van der Waals surface area contributed by atoms with Gasteiger partial charge in [-0.1, -0.05) is 61.1 Å². The number of hydrogen-bond donors (Lipinski definition) is 1. The molecule has 0 amide bonds. The highest BCUT2D eigenvalue weighted by Gasteiger charge is 2.65. The Morgan fingerprint density at radius 1 is 1.38 bits per heavy atom. The summed E-state index contributed by atoms with van der Waals surface area (Å²) in [5.74, 6) is -0.755. The van der Waals surface area contributed by atoms with E-state index in [-0.39, 0.29) is 29.1 Å². The van der Waals surface area contributed by atoms with E-state index < -0.39 is 5.79 Å². The molecule has 0 radical (unpaired) electrons. The van der Waals surface area contributed by atoms with Crippen molar-refractivity contribution < 1.29 is 14.6 Å². The van der Waals surface area contributed by atoms with Crippen molar-refractivity contribution >= 4 is 47.8 Å². The summed E-state index contributed by atoms with van der Waals surface area (Å²) in [6.07, 6.45) is 4.49. The molecule has 1 N–H and O–H groups in total. The van der Waals surface area contributed by atoms with Gasteiger partial charge in [-0.25, -0.2) is 0 Å². The molecule has 0 bridgehead atoms. The van der Waals surface area contributed by atoms with Crippen LogP contribution in [0.3, 0.4) is 0 Å². The predicted molar refractivity (Wildman–Crippen MR) is 92.0 cm³/mol. The lowest BCUT2D eigenvalue weighted by Crippen LogP contribution is -2.56. The zero-order chi connectivity index (χ0) is 15.2. The Hall–Kier alpha value is 0.840. The van der Waals surface area contributed by atoms with Gasteiger partial charge in [0.2, 0.25) is 0 Å². The molecule has 2 aliphatic heterocycles. The van der Waals surface area contributed by atoms with E-state index in [9.17, 15) is 5.11 Å². The predicted octanol–water partition coefficient (Wildman–Crippen LogP) is 3.87. The van der Waals surface area contributed by atoms with Crippen LogP contribution in [0.4, 0.5) is 0 Å². The fraction of sp³-hybridized carbons (Fsp3) is 0.800. The summed E-state index contributed by atoms with van der Waals surface area (Å²) in [6.45, 7) is 2.17. The van der Waals surface area contributed by atoms with Crippen LogP contribution in [0.25, 0.3) is 0 Å². The normalized spacial score (nSPS) is 52.0. The minimum atomic E-state index is -1.11. The van der Waals surface area contributed by atoms with E-state index in [1.54, 1.807) is 4.99 Å². The van der Waals surface area contributed by atoms with E-state index in [4.69, 9.17) is 9.47 Å². The minimum Gasteiger partial charge on any atom is -0.367 e. The molecule has 3 fully saturated rings. The Balaban J connectivity index is 1.87. The average molecular weight is 487 g/mol. The Bertz CT molecular complexity index is 465. The first-order chi connectivity index (χ1) is 10.0. The van der Waals surface area contributed by atoms with Crippen molar-refractivity contribution in [2.45, 2.75) is 59.9 Å². The van der Waals surface area contributed by atoms with Gasteiger partial charge in [0.1, 0.15) is 0 Å². The second-order valence-electron chi connectivity index (χ2n) is 6.04. The molecular weight excluding hydrogens is 468 g/mol. The topological polar surface area (TPSA) is 38.7 Å². The van der Waals surface area contributed by atoms with Crippen LogP contribution < -0.4 is 0 Å². The lowest BCUT2D eigenvalue weighted by atomic mass is 9.71. The summed E-state index contributed by atoms with van der Waals surface area (Å²) in [7, 11) is 0. The van der Waals surface area contributed by atoms with Crippen LogP contribution >= 0.6 is 47.8 Å². The summed E-state index contributed by atoms with van der Waals surface area (Å²) in [6, 6.07) is 0. The van der Waals surface area contributed by atoms with Crippen LogP contribution in [0.5, 0.6) is 0 Å². The molecule has 2 heterocycles. The van der Waals surface area contributed by atoms with E-state index in [2.05, 4.69) is 60.4 Å². The van der Waals surface area contributed by atoms with Crippen LogP contribution in [0.1, 0.15) is 26.2 Å². The average Bonchev–Trinajstić information content (AvgIpc) is 2.93. The van der Waals surface area contributed by atoms with Gasteiger partial charge in [0.15, 0.2) is 5.79 Å². The first-order valence-electron chi connectivity index (χ1n) is 7.36. The zero-order valence-corrected chi connectivity index (χ0v) is 16.5. The van der Waals surface area contributed by atoms with E-state index in [1.165, 1.54) is 0 Å². The fourth-order valence-corrected chi connectivity index (χ4v) is 6.60. The lowest BCUT2D eigenvalue weighted by Gasteiger charge is -2.46. The van der Waals surface area contributed by atoms with Crippen molar-refractivity contribution in [2.75, 3.05) is 0 Å². The molecule has 8 atom stereocenters. The molecule has 1 aliphatic carbocycles. The molecule has 3 aliphatic rings. The standard InChI is InChI=1S/C15H19Br3O3/c1-2-9-10(17)7-12(18)15(19)13(9)14-11(21-15)6-8(20-14)4-3-5-16/h4-5,8-14,19H,2,6-7H2,1H3/t3?,8-,9?,10-,11?,12+,13?,14?,15?/m0/s1. The van der Waals surface area contributed by atoms with Gasteiger partial charge in [-0.15, -0.1) is 5.73 Å². The summed E-state index contributed by atoms with van der Waals surface area (Å²) < 4.78 is 12.2. The number of rotatable bonds is 2. The molecule has 6 heteroatoms. The third kappa shape index (κ3) is 2.75. The first kappa shape index (κ1) is 16.7. The molecule has 0 spiro atoms. The lowest BCUT2D eigenvalue weighted by molar-refractivity contribution is -0.232. The van der Waals surface area contributed by atoms with Crippen molar-refractivity contribution in [3.8, 4) is 0 Å². The Morgan fingerprint density at radius 3 is 2.81 bits per heavy atom. The number of halogens is 3. The third-order valence-electron chi connectivity index (χ3n) is 4.96. The summed E-state index contributed by atoms with van der Waals surface area (Å²) in [5, 5.41) is 11.1. The van der Waals surface area contributed by atoms with E-state index >= 15 is 0 Å². The van der Waals surface area contributed by atoms with Gasteiger partial charge in [-0.2, -0.15) is 0 Å². The number of ether oxygens (including phenoxy) is 2. The summed E-state index contributed by atoms with van der Waals surface area (Å²) >= 11 is 10.6. The highest BCUT2D eigenvalue weighted by atomic mass is 79.9. The van der Waals surface area contributed by atoms with Gasteiger partial charge in [-0.3, -0.25) is 0 Å². The minimum absolute atomic E-state index is 0.00125. The number of alkyl halides is 2. The number of aliphatic hydroxyl groups is 1. The third-order valence-corrected chi connectivity index (χ3v) is 7.30. The quantitative estimate of drug-likeness (QED) is 0.476. The monoisotopic (exact) mass is 484 g/mol. The zero-order valence-electron chi connectivity index (χ0n) is 11.7. The maximum Gasteiger partial charge on any atom is 0.184 e. The second kappa shape index (κ2) is 6.39. The van der Waals surface area contributed by atoms with Crippen LogP contribution in [0, 0.1) is 11.8 Å². The Kier molecular flexibility index (Phi) is 5.08. The molecule has 3 rings (SSSR count). The molecule has 2 saturated heterocycles. The molecule has 1 saturated carbocycles. The van der Waals surface area contributed by atoms with Gasteiger partial charge in [0, 0.05) is 22.2 Å². The number of hydrogen-bond acceptors (Lipinski definition) is 3. The maximum atomic E-state index is 11.1. The van der Waals surface area contributed by atoms with Gasteiger partial charge in [0.05, 0.1) is 23.1 Å². The molecule has 21 heavy (non-hydrogen) atoms. The Morgan fingerprint density at radius 2 is 2.14 bits per heavy atom. The molecule has 0 aromatic carbocycles. The van der Waals surface area contributed by atoms with Crippen LogP contribution in [-0.2, 0) is 9.47 Å².